The highest BCUT2D eigenvalue weighted by atomic mass is 32.1. The zero-order valence-electron chi connectivity index (χ0n) is 29.8. The Hall–Kier alpha value is -6.94. The Bertz CT molecular complexity index is 3200. The van der Waals surface area contributed by atoms with Gasteiger partial charge in [0.2, 0.25) is 0 Å². The van der Waals surface area contributed by atoms with Crippen LogP contribution in [0.4, 0.5) is 17.1 Å². The van der Waals surface area contributed by atoms with Crippen molar-refractivity contribution in [2.75, 3.05) is 4.90 Å². The molecule has 0 saturated carbocycles. The van der Waals surface area contributed by atoms with Gasteiger partial charge < -0.3 is 9.32 Å². The first-order chi connectivity index (χ1) is 27.3. The maximum Gasteiger partial charge on any atom is 0.145 e. The van der Waals surface area contributed by atoms with Crippen LogP contribution in [0.5, 0.6) is 0 Å². The van der Waals surface area contributed by atoms with E-state index in [9.17, 15) is 0 Å². The van der Waals surface area contributed by atoms with E-state index in [4.69, 9.17) is 4.42 Å². The molecule has 0 spiro atoms. The lowest BCUT2D eigenvalue weighted by atomic mass is 9.95. The van der Waals surface area contributed by atoms with Crippen LogP contribution < -0.4 is 4.90 Å². The second-order valence-corrected chi connectivity index (χ2v) is 15.1. The highest BCUT2D eigenvalue weighted by Crippen LogP contribution is 2.51. The summed E-state index contributed by atoms with van der Waals surface area (Å²) >= 11 is 1.87. The van der Waals surface area contributed by atoms with E-state index in [2.05, 4.69) is 205 Å². The average molecular weight is 720 g/mol. The van der Waals surface area contributed by atoms with Crippen molar-refractivity contribution in [1.82, 2.24) is 0 Å². The Morgan fingerprint density at radius 2 is 0.964 bits per heavy atom. The third-order valence-electron chi connectivity index (χ3n) is 10.9. The number of benzene rings is 9. The van der Waals surface area contributed by atoms with E-state index in [0.29, 0.717) is 0 Å². The predicted molar refractivity (Wildman–Crippen MR) is 235 cm³/mol. The van der Waals surface area contributed by atoms with Crippen molar-refractivity contribution in [2.24, 2.45) is 0 Å². The predicted octanol–water partition coefficient (Wildman–Crippen LogP) is 15.6. The van der Waals surface area contributed by atoms with Gasteiger partial charge in [0.05, 0.1) is 27.1 Å². The molecule has 258 valence electrons. The number of thiophene rings is 1. The highest BCUT2D eigenvalue weighted by molar-refractivity contribution is 7.26. The van der Waals surface area contributed by atoms with Gasteiger partial charge in [-0.2, -0.15) is 0 Å². The summed E-state index contributed by atoms with van der Waals surface area (Å²) in [6.45, 7) is 0. The monoisotopic (exact) mass is 719 g/mol. The Morgan fingerprint density at radius 3 is 1.73 bits per heavy atom. The van der Waals surface area contributed by atoms with Gasteiger partial charge in [0, 0.05) is 31.8 Å². The summed E-state index contributed by atoms with van der Waals surface area (Å²) < 4.78 is 9.34. The summed E-state index contributed by atoms with van der Waals surface area (Å²) in [7, 11) is 0. The molecule has 0 bridgehead atoms. The molecule has 2 heterocycles. The largest absolute Gasteiger partial charge is 0.455 e. The molecular weight excluding hydrogens is 687 g/mol. The van der Waals surface area contributed by atoms with Gasteiger partial charge in [0.1, 0.15) is 11.2 Å². The molecule has 0 aliphatic rings. The minimum Gasteiger partial charge on any atom is -0.455 e. The number of hydrogen-bond donors (Lipinski definition) is 0. The molecule has 0 fully saturated rings. The number of para-hydroxylation sites is 1. The maximum absolute atomic E-state index is 6.83. The summed E-state index contributed by atoms with van der Waals surface area (Å²) in [4.78, 5) is 2.49. The van der Waals surface area contributed by atoms with E-state index in [1.165, 1.54) is 53.2 Å². The second-order valence-electron chi connectivity index (χ2n) is 14.0. The van der Waals surface area contributed by atoms with Crippen molar-refractivity contribution >= 4 is 81.3 Å². The number of anilines is 3. The zero-order valence-corrected chi connectivity index (χ0v) is 30.6. The van der Waals surface area contributed by atoms with Crippen LogP contribution in [-0.4, -0.2) is 0 Å². The molecule has 0 N–H and O–H groups in total. The van der Waals surface area contributed by atoms with Crippen LogP contribution in [0.2, 0.25) is 0 Å². The molecule has 0 radical (unpaired) electrons. The van der Waals surface area contributed by atoms with E-state index >= 15 is 0 Å². The van der Waals surface area contributed by atoms with Gasteiger partial charge in [-0.05, 0) is 69.6 Å². The fourth-order valence-electron chi connectivity index (χ4n) is 8.35. The first kappa shape index (κ1) is 31.6. The van der Waals surface area contributed by atoms with Gasteiger partial charge in [-0.3, -0.25) is 0 Å². The van der Waals surface area contributed by atoms with Gasteiger partial charge in [-0.1, -0.05) is 164 Å². The molecular formula is C52H33NOS. The average Bonchev–Trinajstić information content (AvgIpc) is 3.84. The fraction of sp³-hybridized carbons (Fsp3) is 0. The van der Waals surface area contributed by atoms with Gasteiger partial charge in [-0.25, -0.2) is 0 Å². The zero-order chi connectivity index (χ0) is 36.3. The van der Waals surface area contributed by atoms with Gasteiger partial charge in [-0.15, -0.1) is 11.3 Å². The Kier molecular flexibility index (Phi) is 7.39. The van der Waals surface area contributed by atoms with Crippen LogP contribution in [0.25, 0.3) is 86.3 Å². The third kappa shape index (κ3) is 5.16. The van der Waals surface area contributed by atoms with Gasteiger partial charge >= 0.3 is 0 Å². The second kappa shape index (κ2) is 12.9. The molecule has 3 heteroatoms. The lowest BCUT2D eigenvalue weighted by molar-refractivity contribution is 0.670. The van der Waals surface area contributed by atoms with Gasteiger partial charge in [0.15, 0.2) is 0 Å². The number of fused-ring (bicyclic) bond motifs is 7. The molecule has 0 atom stereocenters. The van der Waals surface area contributed by atoms with Crippen molar-refractivity contribution in [1.29, 1.82) is 0 Å². The quantitative estimate of drug-likeness (QED) is 0.170. The highest BCUT2D eigenvalue weighted by Gasteiger charge is 2.26. The van der Waals surface area contributed by atoms with Crippen LogP contribution in [0.3, 0.4) is 0 Å². The molecule has 9 aromatic carbocycles. The summed E-state index contributed by atoms with van der Waals surface area (Å²) in [6.07, 6.45) is 0. The standard InChI is InChI=1S/C52H33NOS/c1-4-15-34(16-5-1)37-27-28-42-43-24-14-25-47(52(43)55-49(42)33-37)53(45-31-29-38(35-17-6-2-7-18-35)40-21-10-11-22-41(40)45)46-32-30-39(36-19-8-3-9-20-36)51-50(46)44-23-12-13-26-48(44)54-51/h1-33H. The summed E-state index contributed by atoms with van der Waals surface area (Å²) in [5.74, 6) is 0. The lowest BCUT2D eigenvalue weighted by Gasteiger charge is -2.29. The molecule has 11 aromatic rings. The Balaban J connectivity index is 1.24. The maximum atomic E-state index is 6.83. The minimum atomic E-state index is 0.875. The van der Waals surface area contributed by atoms with Crippen LogP contribution in [0.15, 0.2) is 205 Å². The summed E-state index contributed by atoms with van der Waals surface area (Å²) in [5, 5.41) is 7.10. The number of rotatable bonds is 6. The van der Waals surface area contributed by atoms with Crippen molar-refractivity contribution in [3.63, 3.8) is 0 Å². The van der Waals surface area contributed by atoms with Crippen LogP contribution >= 0.6 is 11.3 Å². The molecule has 0 amide bonds. The third-order valence-corrected chi connectivity index (χ3v) is 12.1. The lowest BCUT2D eigenvalue weighted by Crippen LogP contribution is -2.11. The Labute approximate surface area is 322 Å². The SMILES string of the molecule is c1ccc(-c2ccc3c(c2)sc2c(N(c4ccc(-c5ccccc5)c5ccccc45)c4ccc(-c5ccccc5)c5oc6ccccc6c45)cccc23)cc1. The van der Waals surface area contributed by atoms with E-state index in [0.717, 1.165) is 50.1 Å². The molecule has 0 aliphatic heterocycles. The Morgan fingerprint density at radius 1 is 0.364 bits per heavy atom. The summed E-state index contributed by atoms with van der Waals surface area (Å²) in [6, 6.07) is 72.0. The molecule has 2 aromatic heterocycles. The molecule has 55 heavy (non-hydrogen) atoms. The van der Waals surface area contributed by atoms with Crippen LogP contribution in [0, 0.1) is 0 Å². The van der Waals surface area contributed by atoms with E-state index in [1.807, 2.05) is 11.3 Å². The topological polar surface area (TPSA) is 16.4 Å². The summed E-state index contributed by atoms with van der Waals surface area (Å²) in [5.41, 5.74) is 12.2. The van der Waals surface area contributed by atoms with E-state index in [-0.39, 0.29) is 0 Å². The first-order valence-electron chi connectivity index (χ1n) is 18.7. The molecule has 2 nitrogen and oxygen atoms in total. The molecule has 11 rings (SSSR count). The smallest absolute Gasteiger partial charge is 0.145 e. The van der Waals surface area contributed by atoms with Gasteiger partial charge in [0.25, 0.3) is 0 Å². The van der Waals surface area contributed by atoms with E-state index in [1.54, 1.807) is 0 Å². The normalized spacial score (nSPS) is 11.6. The number of hydrogen-bond acceptors (Lipinski definition) is 3. The molecule has 0 aliphatic carbocycles. The van der Waals surface area contributed by atoms with Crippen molar-refractivity contribution in [3.05, 3.63) is 200 Å². The molecule has 0 unspecified atom stereocenters. The van der Waals surface area contributed by atoms with Crippen molar-refractivity contribution in [2.45, 2.75) is 0 Å². The minimum absolute atomic E-state index is 0.875. The van der Waals surface area contributed by atoms with Crippen molar-refractivity contribution in [3.8, 4) is 33.4 Å². The van der Waals surface area contributed by atoms with E-state index < -0.39 is 0 Å². The molecule has 0 saturated heterocycles. The van der Waals surface area contributed by atoms with Crippen molar-refractivity contribution < 1.29 is 4.42 Å². The first-order valence-corrected chi connectivity index (χ1v) is 19.5. The number of furan rings is 1. The van der Waals surface area contributed by atoms with Crippen LogP contribution in [-0.2, 0) is 0 Å². The number of nitrogens with zero attached hydrogens (tertiary/aromatic N) is 1. The fourth-order valence-corrected chi connectivity index (χ4v) is 9.59. The van der Waals surface area contributed by atoms with Crippen LogP contribution in [0.1, 0.15) is 0 Å².